The molecule has 6 saturated heterocycles. The van der Waals surface area contributed by atoms with Crippen LogP contribution in [0.1, 0.15) is 426 Å². The van der Waals surface area contributed by atoms with Crippen LogP contribution in [-0.4, -0.2) is 148 Å². The maximum atomic E-state index is 12.4. The van der Waals surface area contributed by atoms with E-state index in [0.29, 0.717) is 0 Å². The molecule has 0 aliphatic carbocycles. The Morgan fingerprint density at radius 1 is 0.147 bits per heavy atom. The zero-order valence-electron chi connectivity index (χ0n) is 90.9. The van der Waals surface area contributed by atoms with Crippen molar-refractivity contribution in [2.75, 3.05) is 79.3 Å². The maximum Gasteiger partial charge on any atom is 2.00 e. The van der Waals surface area contributed by atoms with Crippen molar-refractivity contribution in [1.29, 1.82) is 0 Å². The Bertz CT molecular complexity index is 3200. The van der Waals surface area contributed by atoms with Gasteiger partial charge in [0.2, 0.25) is 0 Å². The van der Waals surface area contributed by atoms with E-state index >= 15 is 0 Å². The minimum atomic E-state index is -0.0803. The van der Waals surface area contributed by atoms with Gasteiger partial charge in [0.1, 0.15) is 0 Å². The molecular formula is C114H186Mg3O12. The van der Waals surface area contributed by atoms with E-state index in [-0.39, 0.29) is 169 Å². The van der Waals surface area contributed by atoms with Gasteiger partial charge in [0, 0.05) is 79.3 Å². The molecule has 6 aromatic carbocycles. The van der Waals surface area contributed by atoms with Gasteiger partial charge in [-0.1, -0.05) is 355 Å². The van der Waals surface area contributed by atoms with Crippen LogP contribution in [-0.2, 0) is 93.4 Å². The van der Waals surface area contributed by atoms with Crippen LogP contribution < -0.4 is 30.6 Å². The van der Waals surface area contributed by atoms with Crippen molar-refractivity contribution >= 4 is 69.2 Å². The Morgan fingerprint density at radius 2 is 0.209 bits per heavy atom. The van der Waals surface area contributed by atoms with Gasteiger partial charge in [-0.15, -0.1) is 34.5 Å². The van der Waals surface area contributed by atoms with Gasteiger partial charge < -0.3 is 59.1 Å². The number of hydrogen-bond acceptors (Lipinski definition) is 12. The predicted octanol–water partition coefficient (Wildman–Crippen LogP) is 25.6. The molecule has 0 spiro atoms. The number of hydrogen-bond donors (Lipinski definition) is 0. The molecule has 0 aromatic heterocycles. The molecule has 129 heavy (non-hydrogen) atoms. The average molecular weight is 1820 g/mol. The number of rotatable bonds is 0. The van der Waals surface area contributed by atoms with Crippen LogP contribution in [0.4, 0.5) is 0 Å². The first-order chi connectivity index (χ1) is 57.2. The fourth-order valence-corrected chi connectivity index (χ4v) is 14.4. The molecule has 0 amide bonds. The normalized spacial score (nSPS) is 15.2. The summed E-state index contributed by atoms with van der Waals surface area (Å²) in [6, 6.07) is 24.3. The molecule has 0 N–H and O–H groups in total. The minimum absolute atomic E-state index is 0. The average Bonchev–Trinajstić information content (AvgIpc) is 1.78. The molecule has 0 saturated carbocycles. The molecule has 0 unspecified atom stereocenters. The van der Waals surface area contributed by atoms with E-state index in [1.54, 1.807) is 0 Å². The van der Waals surface area contributed by atoms with E-state index in [1.807, 2.05) is 72.8 Å². The smallest absolute Gasteiger partial charge is 0.872 e. The summed E-state index contributed by atoms with van der Waals surface area (Å²) in [7, 11) is 0. The summed E-state index contributed by atoms with van der Waals surface area (Å²) in [5.41, 5.74) is 17.2. The molecule has 6 aliphatic rings. The van der Waals surface area contributed by atoms with Gasteiger partial charge in [0.15, 0.2) is 0 Å². The van der Waals surface area contributed by atoms with Crippen molar-refractivity contribution in [3.8, 4) is 34.5 Å². The SMILES string of the molecule is C1CCOC1.C1CCOC1.C1CCOC1.C1CCOC1.C1CCOC1.C1CCOC1.Cc1cc(C(C)(C)C)c([O-])c(C(C)(C)C)c1.Cc1cc(C(C)(C)C)c([O-])c(C(C)(C)C)c1.Cc1cc(C(C)(C)C)c([O-])c(C(C)(C)C)c1.Cc1cc(C(C)(C)C)c([O-])c(C(C)(C)C)c1.Cc1cc(C(C)(C)C)c([O-])c(C(C)(C)C)c1.Cc1cc(C(C)(C)C)c([O-])c(C(C)(C)C)c1.[Mg+2].[Mg+2].[Mg+2]. The summed E-state index contributed by atoms with van der Waals surface area (Å²) in [6.07, 6.45) is 15.3. The van der Waals surface area contributed by atoms with Crippen LogP contribution >= 0.6 is 0 Å². The summed E-state index contributed by atoms with van der Waals surface area (Å²) in [5, 5.41) is 74.5. The fourth-order valence-electron chi connectivity index (χ4n) is 14.4. The predicted molar refractivity (Wildman–Crippen MR) is 546 cm³/mol. The first kappa shape index (κ1) is 129. The molecule has 720 valence electrons. The van der Waals surface area contributed by atoms with E-state index in [2.05, 4.69) is 291 Å². The molecule has 6 aliphatic heterocycles. The molecular weight excluding hydrogens is 1630 g/mol. The van der Waals surface area contributed by atoms with Crippen LogP contribution in [0.3, 0.4) is 0 Å². The van der Waals surface area contributed by atoms with Crippen molar-refractivity contribution in [2.45, 2.75) is 433 Å². The van der Waals surface area contributed by atoms with E-state index in [0.717, 1.165) is 146 Å². The van der Waals surface area contributed by atoms with Gasteiger partial charge in [-0.3, -0.25) is 0 Å². The van der Waals surface area contributed by atoms with Crippen LogP contribution in [0.25, 0.3) is 0 Å². The number of aryl methyl sites for hydroxylation is 6. The largest absolute Gasteiger partial charge is 2.00 e. The third kappa shape index (κ3) is 49.2. The summed E-state index contributed by atoms with van der Waals surface area (Å²) >= 11 is 0. The summed E-state index contributed by atoms with van der Waals surface area (Å²) in [5.74, 6) is 1.28. The third-order valence-corrected chi connectivity index (χ3v) is 22.1. The second kappa shape index (κ2) is 56.8. The minimum Gasteiger partial charge on any atom is -0.872 e. The summed E-state index contributed by atoms with van der Waals surface area (Å²) < 4.78 is 29.7. The van der Waals surface area contributed by atoms with Gasteiger partial charge in [0.05, 0.1) is 0 Å². The molecule has 15 heteroatoms. The zero-order chi connectivity index (χ0) is 97.6. The Kier molecular flexibility index (Phi) is 56.9. The molecule has 0 bridgehead atoms. The Labute approximate surface area is 840 Å². The first-order valence-electron chi connectivity index (χ1n) is 47.6. The standard InChI is InChI=1S/6C15H24O.6C4H8O.3Mg/c6*1-10-8-11(14(2,3)4)13(16)12(9-10)15(5,6)7;6*1-2-4-5-3-1;;;/h6*8-9,16H,1-7H3;6*1-4H2;;;/q;;;;;;;;;;;;3*+2/p-6. The van der Waals surface area contributed by atoms with E-state index in [9.17, 15) is 30.6 Å². The Morgan fingerprint density at radius 3 is 0.248 bits per heavy atom. The van der Waals surface area contributed by atoms with E-state index < -0.39 is 0 Å². The van der Waals surface area contributed by atoms with Gasteiger partial charge in [-0.2, -0.15) is 0 Å². The van der Waals surface area contributed by atoms with Crippen molar-refractivity contribution in [3.05, 3.63) is 173 Å². The molecule has 12 nitrogen and oxygen atoms in total. The van der Waals surface area contributed by atoms with Crippen molar-refractivity contribution in [3.63, 3.8) is 0 Å². The Balaban J connectivity index is -0.00000138. The molecule has 12 rings (SSSR count). The molecule has 0 radical (unpaired) electrons. The van der Waals surface area contributed by atoms with Gasteiger partial charge in [0.25, 0.3) is 0 Å². The van der Waals surface area contributed by atoms with E-state index in [1.165, 1.54) is 110 Å². The fraction of sp³-hybridized carbons (Fsp3) is 0.684. The number of benzene rings is 6. The second-order valence-electron chi connectivity index (χ2n) is 48.1. The van der Waals surface area contributed by atoms with Crippen molar-refractivity contribution < 1.29 is 59.1 Å². The first-order valence-corrected chi connectivity index (χ1v) is 47.6. The van der Waals surface area contributed by atoms with Crippen LogP contribution in [0.2, 0.25) is 0 Å². The maximum absolute atomic E-state index is 12.4. The van der Waals surface area contributed by atoms with Crippen LogP contribution in [0.5, 0.6) is 34.5 Å². The van der Waals surface area contributed by atoms with Crippen LogP contribution in [0, 0.1) is 41.5 Å². The van der Waals surface area contributed by atoms with Crippen molar-refractivity contribution in [2.24, 2.45) is 0 Å². The zero-order valence-corrected chi connectivity index (χ0v) is 95.2. The van der Waals surface area contributed by atoms with Crippen LogP contribution in [0.15, 0.2) is 72.8 Å². The van der Waals surface area contributed by atoms with E-state index in [4.69, 9.17) is 28.4 Å². The number of ether oxygens (including phenoxy) is 6. The second-order valence-corrected chi connectivity index (χ2v) is 48.1. The molecule has 6 aromatic rings. The summed E-state index contributed by atoms with van der Waals surface area (Å²) in [6.45, 7) is 99.7. The molecule has 6 fully saturated rings. The Hall–Kier alpha value is -3.82. The van der Waals surface area contributed by atoms with Crippen molar-refractivity contribution in [1.82, 2.24) is 0 Å². The monoisotopic (exact) mass is 1820 g/mol. The summed E-state index contributed by atoms with van der Waals surface area (Å²) in [4.78, 5) is 0. The molecule has 0 atom stereocenters. The topological polar surface area (TPSA) is 194 Å². The van der Waals surface area contributed by atoms with Gasteiger partial charge in [-0.25, -0.2) is 0 Å². The van der Waals surface area contributed by atoms with Gasteiger partial charge in [-0.05, 0) is 250 Å². The molecule has 6 heterocycles. The third-order valence-electron chi connectivity index (χ3n) is 22.1. The quantitative estimate of drug-likeness (QED) is 0.131. The van der Waals surface area contributed by atoms with Gasteiger partial charge >= 0.3 is 69.2 Å².